The topological polar surface area (TPSA) is 66.5 Å². The Kier molecular flexibility index (Phi) is 8.83. The maximum Gasteiger partial charge on any atom is 0.264 e. The SMILES string of the molecule is Cc1ccc(SCCCNC(=O)CN(c2ccc(C)c(Cl)c2)S(=O)(=O)c2ccccc2)cc1. The van der Waals surface area contributed by atoms with Gasteiger partial charge in [0.2, 0.25) is 5.91 Å². The lowest BCUT2D eigenvalue weighted by Gasteiger charge is -2.24. The first-order valence-electron chi connectivity index (χ1n) is 10.6. The lowest BCUT2D eigenvalue weighted by molar-refractivity contribution is -0.119. The van der Waals surface area contributed by atoms with E-state index in [4.69, 9.17) is 11.6 Å². The Labute approximate surface area is 205 Å². The number of halogens is 1. The number of hydrogen-bond acceptors (Lipinski definition) is 4. The molecule has 0 saturated carbocycles. The monoisotopic (exact) mass is 502 g/mol. The molecular formula is C25H27ClN2O3S2. The third-order valence-electron chi connectivity index (χ3n) is 4.99. The van der Waals surface area contributed by atoms with Crippen LogP contribution in [0.3, 0.4) is 0 Å². The van der Waals surface area contributed by atoms with Crippen molar-refractivity contribution in [2.45, 2.75) is 30.1 Å². The van der Waals surface area contributed by atoms with Crippen molar-refractivity contribution in [2.24, 2.45) is 0 Å². The van der Waals surface area contributed by atoms with Crippen molar-refractivity contribution in [3.05, 3.63) is 88.9 Å². The van der Waals surface area contributed by atoms with E-state index >= 15 is 0 Å². The van der Waals surface area contributed by atoms with Crippen LogP contribution in [-0.2, 0) is 14.8 Å². The molecule has 0 atom stereocenters. The molecular weight excluding hydrogens is 476 g/mol. The zero-order valence-electron chi connectivity index (χ0n) is 18.6. The number of nitrogens with zero attached hydrogens (tertiary/aromatic N) is 1. The summed E-state index contributed by atoms with van der Waals surface area (Å²) >= 11 is 7.97. The Morgan fingerprint density at radius 3 is 2.36 bits per heavy atom. The highest BCUT2D eigenvalue weighted by Crippen LogP contribution is 2.28. The lowest BCUT2D eigenvalue weighted by atomic mass is 10.2. The second kappa shape index (κ2) is 11.6. The Morgan fingerprint density at radius 1 is 1.00 bits per heavy atom. The van der Waals surface area contributed by atoms with E-state index in [-0.39, 0.29) is 17.3 Å². The summed E-state index contributed by atoms with van der Waals surface area (Å²) in [6, 6.07) is 21.4. The molecule has 0 unspecified atom stereocenters. The van der Waals surface area contributed by atoms with Crippen LogP contribution in [0.5, 0.6) is 0 Å². The van der Waals surface area contributed by atoms with Gasteiger partial charge in [0.15, 0.2) is 0 Å². The van der Waals surface area contributed by atoms with Gasteiger partial charge in [0, 0.05) is 16.5 Å². The molecule has 0 aromatic heterocycles. The van der Waals surface area contributed by atoms with Crippen molar-refractivity contribution in [3.63, 3.8) is 0 Å². The van der Waals surface area contributed by atoms with E-state index in [1.54, 1.807) is 48.2 Å². The summed E-state index contributed by atoms with van der Waals surface area (Å²) in [6.07, 6.45) is 0.770. The highest BCUT2D eigenvalue weighted by atomic mass is 35.5. The Morgan fingerprint density at radius 2 is 1.70 bits per heavy atom. The highest BCUT2D eigenvalue weighted by Gasteiger charge is 2.27. The number of anilines is 1. The van der Waals surface area contributed by atoms with Crippen molar-refractivity contribution in [1.82, 2.24) is 5.32 Å². The van der Waals surface area contributed by atoms with Crippen LogP contribution in [-0.4, -0.2) is 33.2 Å². The van der Waals surface area contributed by atoms with E-state index in [1.165, 1.54) is 22.6 Å². The van der Waals surface area contributed by atoms with Crippen molar-refractivity contribution >= 4 is 45.0 Å². The average Bonchev–Trinajstić information content (AvgIpc) is 2.81. The molecule has 0 fully saturated rings. The fraction of sp³-hybridized carbons (Fsp3) is 0.240. The van der Waals surface area contributed by atoms with Crippen molar-refractivity contribution in [2.75, 3.05) is 23.1 Å². The van der Waals surface area contributed by atoms with Crippen LogP contribution in [0, 0.1) is 13.8 Å². The van der Waals surface area contributed by atoms with Gasteiger partial charge >= 0.3 is 0 Å². The molecule has 0 aliphatic heterocycles. The number of carbonyl (C=O) groups excluding carboxylic acids is 1. The molecule has 0 heterocycles. The largest absolute Gasteiger partial charge is 0.354 e. The highest BCUT2D eigenvalue weighted by molar-refractivity contribution is 7.99. The summed E-state index contributed by atoms with van der Waals surface area (Å²) in [5, 5.41) is 3.28. The van der Waals surface area contributed by atoms with Crippen LogP contribution in [0.1, 0.15) is 17.5 Å². The summed E-state index contributed by atoms with van der Waals surface area (Å²) < 4.78 is 27.7. The lowest BCUT2D eigenvalue weighted by Crippen LogP contribution is -2.41. The molecule has 0 bridgehead atoms. The summed E-state index contributed by atoms with van der Waals surface area (Å²) in [5.74, 6) is 0.481. The zero-order valence-corrected chi connectivity index (χ0v) is 21.0. The molecule has 0 aliphatic rings. The molecule has 1 amide bonds. The van der Waals surface area contributed by atoms with E-state index in [1.807, 2.05) is 6.92 Å². The van der Waals surface area contributed by atoms with Crippen LogP contribution >= 0.6 is 23.4 Å². The van der Waals surface area contributed by atoms with Crippen LogP contribution in [0.15, 0.2) is 82.6 Å². The third-order valence-corrected chi connectivity index (χ3v) is 8.29. The van der Waals surface area contributed by atoms with E-state index in [0.717, 1.165) is 22.0 Å². The molecule has 1 N–H and O–H groups in total. The van der Waals surface area contributed by atoms with Crippen molar-refractivity contribution < 1.29 is 13.2 Å². The molecule has 0 spiro atoms. The van der Waals surface area contributed by atoms with E-state index in [9.17, 15) is 13.2 Å². The predicted molar refractivity (Wildman–Crippen MR) is 137 cm³/mol. The Hall–Kier alpha value is -2.48. The average molecular weight is 503 g/mol. The molecule has 3 rings (SSSR count). The van der Waals surface area contributed by atoms with Crippen LogP contribution in [0.4, 0.5) is 5.69 Å². The van der Waals surface area contributed by atoms with Crippen LogP contribution < -0.4 is 9.62 Å². The van der Waals surface area contributed by atoms with Crippen LogP contribution in [0.2, 0.25) is 5.02 Å². The Balaban J connectivity index is 1.65. The fourth-order valence-electron chi connectivity index (χ4n) is 3.08. The number of hydrogen-bond donors (Lipinski definition) is 1. The number of aryl methyl sites for hydroxylation is 2. The maximum atomic E-state index is 13.3. The summed E-state index contributed by atoms with van der Waals surface area (Å²) in [6.45, 7) is 4.02. The van der Waals surface area contributed by atoms with Crippen molar-refractivity contribution in [1.29, 1.82) is 0 Å². The first-order valence-corrected chi connectivity index (χ1v) is 13.4. The van der Waals surface area contributed by atoms with Gasteiger partial charge in [-0.1, -0.05) is 53.6 Å². The van der Waals surface area contributed by atoms with E-state index in [2.05, 4.69) is 36.5 Å². The van der Waals surface area contributed by atoms with Crippen LogP contribution in [0.25, 0.3) is 0 Å². The van der Waals surface area contributed by atoms with Gasteiger partial charge in [-0.15, -0.1) is 11.8 Å². The molecule has 0 radical (unpaired) electrons. The molecule has 0 saturated heterocycles. The molecule has 33 heavy (non-hydrogen) atoms. The summed E-state index contributed by atoms with van der Waals surface area (Å²) in [7, 11) is -3.94. The first kappa shape index (κ1) is 25.1. The molecule has 8 heteroatoms. The van der Waals surface area contributed by atoms with Crippen molar-refractivity contribution in [3.8, 4) is 0 Å². The number of nitrogens with one attached hydrogen (secondary N) is 1. The predicted octanol–water partition coefficient (Wildman–Crippen LogP) is 5.45. The zero-order chi connectivity index (χ0) is 23.8. The molecule has 3 aromatic carbocycles. The normalized spacial score (nSPS) is 11.2. The fourth-order valence-corrected chi connectivity index (χ4v) is 5.54. The van der Waals surface area contributed by atoms with Gasteiger partial charge in [-0.05, 0) is 68.0 Å². The van der Waals surface area contributed by atoms with Gasteiger partial charge in [-0.25, -0.2) is 8.42 Å². The third kappa shape index (κ3) is 7.00. The summed E-state index contributed by atoms with van der Waals surface area (Å²) in [5.41, 5.74) is 2.39. The minimum absolute atomic E-state index is 0.115. The van der Waals surface area contributed by atoms with Gasteiger partial charge in [0.25, 0.3) is 10.0 Å². The molecule has 3 aromatic rings. The summed E-state index contributed by atoms with van der Waals surface area (Å²) in [4.78, 5) is 14.0. The Bertz CT molecular complexity index is 1180. The first-order chi connectivity index (χ1) is 15.8. The van der Waals surface area contributed by atoms with Gasteiger partial charge in [-0.2, -0.15) is 0 Å². The van der Waals surface area contributed by atoms with Gasteiger partial charge in [0.1, 0.15) is 6.54 Å². The number of sulfonamides is 1. The quantitative estimate of drug-likeness (QED) is 0.295. The number of rotatable bonds is 10. The van der Waals surface area contributed by atoms with E-state index < -0.39 is 10.0 Å². The van der Waals surface area contributed by atoms with Gasteiger partial charge < -0.3 is 5.32 Å². The smallest absolute Gasteiger partial charge is 0.264 e. The molecule has 5 nitrogen and oxygen atoms in total. The molecule has 0 aliphatic carbocycles. The number of carbonyl (C=O) groups is 1. The van der Waals surface area contributed by atoms with Gasteiger partial charge in [0.05, 0.1) is 10.6 Å². The number of amides is 1. The molecule has 174 valence electrons. The van der Waals surface area contributed by atoms with Gasteiger partial charge in [-0.3, -0.25) is 9.10 Å². The second-order valence-corrected chi connectivity index (χ2v) is 11.1. The maximum absolute atomic E-state index is 13.3. The number of benzene rings is 3. The second-order valence-electron chi connectivity index (χ2n) is 7.62. The van der Waals surface area contributed by atoms with E-state index in [0.29, 0.717) is 17.3 Å². The minimum atomic E-state index is -3.94. The minimum Gasteiger partial charge on any atom is -0.354 e. The standard InChI is InChI=1S/C25H27ClN2O3S2/c1-19-9-13-22(14-10-19)32-16-6-15-27-25(29)18-28(21-12-11-20(2)24(26)17-21)33(30,31)23-7-4-3-5-8-23/h3-5,7-14,17H,6,15-16,18H2,1-2H3,(H,27,29). The number of thioether (sulfide) groups is 1.